The molecule has 1 aromatic carbocycles. The lowest BCUT2D eigenvalue weighted by Gasteiger charge is -2.11. The summed E-state index contributed by atoms with van der Waals surface area (Å²) in [5, 5.41) is 1.53. The van der Waals surface area contributed by atoms with E-state index in [4.69, 9.17) is 23.2 Å². The molecule has 17 heavy (non-hydrogen) atoms. The predicted molar refractivity (Wildman–Crippen MR) is 76.2 cm³/mol. The Morgan fingerprint density at radius 1 is 1.47 bits per heavy atom. The second-order valence-electron chi connectivity index (χ2n) is 3.61. The minimum Gasteiger partial charge on any atom is -0.295 e. The second kappa shape index (κ2) is 7.10. The van der Waals surface area contributed by atoms with Gasteiger partial charge in [-0.05, 0) is 37.6 Å². The Morgan fingerprint density at radius 2 is 2.18 bits per heavy atom. The summed E-state index contributed by atoms with van der Waals surface area (Å²) >= 11 is 13.6. The zero-order chi connectivity index (χ0) is 12.8. The molecule has 92 valence electrons. The Hall–Kier alpha value is -0.440. The number of carbonyl (C=O) groups is 1. The van der Waals surface area contributed by atoms with Crippen molar-refractivity contribution in [2.45, 2.75) is 30.4 Å². The average Bonchev–Trinajstić information content (AvgIpc) is 2.26. The van der Waals surface area contributed by atoms with E-state index >= 15 is 0 Å². The van der Waals surface area contributed by atoms with Crippen molar-refractivity contribution in [3.05, 3.63) is 40.4 Å². The van der Waals surface area contributed by atoms with Gasteiger partial charge >= 0.3 is 0 Å². The fourth-order valence-corrected chi connectivity index (χ4v) is 2.75. The van der Waals surface area contributed by atoms with Crippen molar-refractivity contribution in [3.63, 3.8) is 0 Å². The van der Waals surface area contributed by atoms with Gasteiger partial charge < -0.3 is 0 Å². The van der Waals surface area contributed by atoms with Crippen LogP contribution in [-0.2, 0) is 4.79 Å². The molecule has 0 saturated carbocycles. The number of carbonyl (C=O) groups excluding carboxylic acids is 1. The van der Waals surface area contributed by atoms with Crippen molar-refractivity contribution in [3.8, 4) is 0 Å². The van der Waals surface area contributed by atoms with Gasteiger partial charge in [-0.3, -0.25) is 4.79 Å². The summed E-state index contributed by atoms with van der Waals surface area (Å²) in [5.41, 5.74) is 0. The molecule has 0 aliphatic rings. The number of ketones is 1. The quantitative estimate of drug-likeness (QED) is 0.560. The Morgan fingerprint density at radius 3 is 2.71 bits per heavy atom. The largest absolute Gasteiger partial charge is 0.295 e. The highest BCUT2D eigenvalue weighted by atomic mass is 35.5. The van der Waals surface area contributed by atoms with Gasteiger partial charge in [-0.2, -0.15) is 0 Å². The number of benzene rings is 1. The van der Waals surface area contributed by atoms with Gasteiger partial charge in [-0.25, -0.2) is 0 Å². The van der Waals surface area contributed by atoms with Crippen LogP contribution in [0.3, 0.4) is 0 Å². The summed E-state index contributed by atoms with van der Waals surface area (Å²) in [6.45, 7) is 3.62. The molecular formula is C13H14Cl2OS. The van der Waals surface area contributed by atoms with E-state index in [-0.39, 0.29) is 11.0 Å². The maximum absolute atomic E-state index is 10.9. The minimum atomic E-state index is 0.0613. The van der Waals surface area contributed by atoms with E-state index in [1.807, 2.05) is 18.2 Å². The molecule has 0 spiro atoms. The van der Waals surface area contributed by atoms with Gasteiger partial charge in [-0.1, -0.05) is 36.2 Å². The van der Waals surface area contributed by atoms with Crippen LogP contribution in [0.1, 0.15) is 20.3 Å². The fraction of sp³-hybridized carbons (Fsp3) is 0.308. The van der Waals surface area contributed by atoms with Gasteiger partial charge in [0, 0.05) is 15.2 Å². The first kappa shape index (κ1) is 14.6. The smallest absolute Gasteiger partial charge is 0.152 e. The summed E-state index contributed by atoms with van der Waals surface area (Å²) in [4.78, 5) is 11.9. The molecule has 0 aliphatic heterocycles. The minimum absolute atomic E-state index is 0.0613. The predicted octanol–water partition coefficient (Wildman–Crippen LogP) is 5.01. The number of allylic oxidation sites excluding steroid dienone is 1. The molecule has 0 aliphatic carbocycles. The van der Waals surface area contributed by atoms with Crippen LogP contribution in [0.5, 0.6) is 0 Å². The summed E-state index contributed by atoms with van der Waals surface area (Å²) in [5.74, 6) is 0.0613. The lowest BCUT2D eigenvalue weighted by molar-refractivity contribution is -0.112. The first-order valence-corrected chi connectivity index (χ1v) is 6.97. The molecule has 1 aromatic rings. The summed E-state index contributed by atoms with van der Waals surface area (Å²) < 4.78 is 0. The molecule has 1 nitrogen and oxygen atoms in total. The standard InChI is InChI=1S/C13H14Cl2OS/c1-3-11(6-4-9(2)16)17-13-7-5-10(14)8-12(13)15/h4-8,11H,3H2,1-2H3. The average molecular weight is 289 g/mol. The van der Waals surface area contributed by atoms with E-state index in [2.05, 4.69) is 6.92 Å². The van der Waals surface area contributed by atoms with Gasteiger partial charge in [0.2, 0.25) is 0 Å². The van der Waals surface area contributed by atoms with Gasteiger partial charge in [0.05, 0.1) is 5.02 Å². The number of thioether (sulfide) groups is 1. The van der Waals surface area contributed by atoms with Crippen molar-refractivity contribution in [2.24, 2.45) is 0 Å². The van der Waals surface area contributed by atoms with Crippen molar-refractivity contribution in [1.29, 1.82) is 0 Å². The van der Waals surface area contributed by atoms with Crippen LogP contribution < -0.4 is 0 Å². The van der Waals surface area contributed by atoms with Gasteiger partial charge in [0.15, 0.2) is 5.78 Å². The van der Waals surface area contributed by atoms with E-state index < -0.39 is 0 Å². The molecule has 1 unspecified atom stereocenters. The van der Waals surface area contributed by atoms with Crippen LogP contribution in [0, 0.1) is 0 Å². The number of hydrogen-bond donors (Lipinski definition) is 0. The number of rotatable bonds is 5. The molecule has 0 aromatic heterocycles. The third-order valence-corrected chi connectivity index (χ3v) is 4.18. The maximum Gasteiger partial charge on any atom is 0.152 e. The second-order valence-corrected chi connectivity index (χ2v) is 5.73. The normalized spacial score (nSPS) is 12.9. The molecule has 0 heterocycles. The van der Waals surface area contributed by atoms with Crippen LogP contribution in [-0.4, -0.2) is 11.0 Å². The highest BCUT2D eigenvalue weighted by molar-refractivity contribution is 8.00. The Kier molecular flexibility index (Phi) is 6.10. The third-order valence-electron chi connectivity index (χ3n) is 2.12. The SMILES string of the molecule is CCC(C=CC(C)=O)Sc1ccc(Cl)cc1Cl. The molecule has 1 rings (SSSR count). The van der Waals surface area contributed by atoms with Crippen LogP contribution in [0.2, 0.25) is 10.0 Å². The van der Waals surface area contributed by atoms with E-state index in [1.54, 1.807) is 30.8 Å². The Balaban J connectivity index is 2.77. The fourth-order valence-electron chi connectivity index (χ4n) is 1.24. The zero-order valence-corrected chi connectivity index (χ0v) is 12.1. The van der Waals surface area contributed by atoms with E-state index in [1.165, 1.54) is 0 Å². The van der Waals surface area contributed by atoms with Crippen molar-refractivity contribution in [1.82, 2.24) is 0 Å². The highest BCUT2D eigenvalue weighted by Gasteiger charge is 2.08. The van der Waals surface area contributed by atoms with Gasteiger partial charge in [0.25, 0.3) is 0 Å². The first-order valence-electron chi connectivity index (χ1n) is 5.33. The van der Waals surface area contributed by atoms with Gasteiger partial charge in [-0.15, -0.1) is 11.8 Å². The third kappa shape index (κ3) is 5.15. The lowest BCUT2D eigenvalue weighted by atomic mass is 10.3. The van der Waals surface area contributed by atoms with E-state index in [0.717, 1.165) is 11.3 Å². The van der Waals surface area contributed by atoms with Gasteiger partial charge in [0.1, 0.15) is 0 Å². The zero-order valence-electron chi connectivity index (χ0n) is 9.74. The molecule has 0 saturated heterocycles. The molecule has 0 N–H and O–H groups in total. The van der Waals surface area contributed by atoms with Crippen LogP contribution in [0.15, 0.2) is 35.2 Å². The highest BCUT2D eigenvalue weighted by Crippen LogP contribution is 2.33. The van der Waals surface area contributed by atoms with Crippen molar-refractivity contribution < 1.29 is 4.79 Å². The molecule has 0 amide bonds. The van der Waals surface area contributed by atoms with Crippen molar-refractivity contribution in [2.75, 3.05) is 0 Å². The van der Waals surface area contributed by atoms with Crippen LogP contribution >= 0.6 is 35.0 Å². The summed E-state index contributed by atoms with van der Waals surface area (Å²) in [6, 6.07) is 5.45. The number of halogens is 2. The molecule has 1 atom stereocenters. The summed E-state index contributed by atoms with van der Waals surface area (Å²) in [7, 11) is 0. The van der Waals surface area contributed by atoms with E-state index in [0.29, 0.717) is 10.0 Å². The molecule has 0 bridgehead atoms. The topological polar surface area (TPSA) is 17.1 Å². The van der Waals surface area contributed by atoms with Crippen LogP contribution in [0.4, 0.5) is 0 Å². The van der Waals surface area contributed by atoms with Crippen LogP contribution in [0.25, 0.3) is 0 Å². The maximum atomic E-state index is 10.9. The molecular weight excluding hydrogens is 275 g/mol. The monoisotopic (exact) mass is 288 g/mol. The van der Waals surface area contributed by atoms with E-state index in [9.17, 15) is 4.79 Å². The lowest BCUT2D eigenvalue weighted by Crippen LogP contribution is -1.97. The first-order chi connectivity index (χ1) is 8.02. The molecule has 0 radical (unpaired) electrons. The Bertz CT molecular complexity index is 429. The Labute approximate surface area is 116 Å². The molecule has 4 heteroatoms. The summed E-state index contributed by atoms with van der Waals surface area (Å²) in [6.07, 6.45) is 4.45. The van der Waals surface area contributed by atoms with Crippen molar-refractivity contribution >= 4 is 40.7 Å². The number of hydrogen-bond acceptors (Lipinski definition) is 2. The molecule has 0 fully saturated rings.